The van der Waals surface area contributed by atoms with Crippen molar-refractivity contribution < 1.29 is 4.79 Å². The summed E-state index contributed by atoms with van der Waals surface area (Å²) in [7, 11) is 0. The molecule has 0 unspecified atom stereocenters. The zero-order chi connectivity index (χ0) is 22.0. The molecular weight excluding hydrogens is 514 g/mol. The number of anilines is 1. The van der Waals surface area contributed by atoms with Crippen molar-refractivity contribution in [2.75, 3.05) is 11.1 Å². The maximum absolute atomic E-state index is 12.5. The minimum Gasteiger partial charge on any atom is -0.302 e. The third-order valence-electron chi connectivity index (χ3n) is 4.78. The van der Waals surface area contributed by atoms with E-state index in [4.69, 9.17) is 0 Å². The number of halogens is 1. The third-order valence-corrected chi connectivity index (χ3v) is 8.05. The van der Waals surface area contributed by atoms with Gasteiger partial charge in [-0.15, -0.1) is 32.9 Å². The maximum Gasteiger partial charge on any atom is 0.236 e. The van der Waals surface area contributed by atoms with Crippen molar-refractivity contribution in [3.63, 3.8) is 0 Å². The molecule has 0 fully saturated rings. The van der Waals surface area contributed by atoms with Crippen LogP contribution in [-0.2, 0) is 11.3 Å². The van der Waals surface area contributed by atoms with Crippen LogP contribution in [0.2, 0.25) is 0 Å². The molecule has 1 aromatic carbocycles. The van der Waals surface area contributed by atoms with Crippen LogP contribution in [0, 0.1) is 13.8 Å². The van der Waals surface area contributed by atoms with E-state index in [1.807, 2.05) is 29.6 Å². The van der Waals surface area contributed by atoms with Gasteiger partial charge < -0.3 is 9.88 Å². The average molecular weight is 535 g/mol. The molecule has 0 radical (unpaired) electrons. The Hall–Kier alpha value is -2.01. The zero-order valence-corrected chi connectivity index (χ0v) is 21.2. The van der Waals surface area contributed by atoms with Gasteiger partial charge in [0, 0.05) is 37.8 Å². The SMILES string of the molecule is CCn1c(SCC(=O)Nc2nc(-c3ccc(Br)cc3)cs2)nnc1-c1csc(C)c1C. The standard InChI is InChI=1S/C21H20BrN5OS3/c1-4-27-19(16-9-29-13(3)12(16)2)25-26-21(27)31-11-18(28)24-20-23-17(10-30-20)14-5-7-15(22)8-6-14/h5-10H,4,11H2,1-3H3,(H,23,24,28). The Morgan fingerprint density at radius 3 is 2.61 bits per heavy atom. The maximum atomic E-state index is 12.5. The van der Waals surface area contributed by atoms with Crippen LogP contribution in [0.25, 0.3) is 22.6 Å². The molecule has 1 amide bonds. The predicted octanol–water partition coefficient (Wildman–Crippen LogP) is 6.26. The Morgan fingerprint density at radius 2 is 1.94 bits per heavy atom. The molecule has 31 heavy (non-hydrogen) atoms. The molecule has 3 heterocycles. The monoisotopic (exact) mass is 533 g/mol. The highest BCUT2D eigenvalue weighted by Gasteiger charge is 2.18. The molecule has 10 heteroatoms. The van der Waals surface area contributed by atoms with Crippen LogP contribution in [0.5, 0.6) is 0 Å². The molecule has 4 aromatic rings. The highest BCUT2D eigenvalue weighted by atomic mass is 79.9. The Bertz CT molecular complexity index is 1210. The number of thiophene rings is 1. The molecule has 0 aliphatic heterocycles. The summed E-state index contributed by atoms with van der Waals surface area (Å²) >= 11 is 7.95. The van der Waals surface area contributed by atoms with E-state index >= 15 is 0 Å². The van der Waals surface area contributed by atoms with E-state index in [-0.39, 0.29) is 11.7 Å². The van der Waals surface area contributed by atoms with Gasteiger partial charge in [0.15, 0.2) is 16.1 Å². The van der Waals surface area contributed by atoms with E-state index in [1.54, 1.807) is 11.3 Å². The number of nitrogens with one attached hydrogen (secondary N) is 1. The summed E-state index contributed by atoms with van der Waals surface area (Å²) in [5.74, 6) is 0.982. The van der Waals surface area contributed by atoms with Crippen LogP contribution in [0.4, 0.5) is 5.13 Å². The summed E-state index contributed by atoms with van der Waals surface area (Å²) in [6, 6.07) is 7.93. The number of aromatic nitrogens is 4. The molecule has 0 saturated carbocycles. The molecule has 4 rings (SSSR count). The van der Waals surface area contributed by atoms with Gasteiger partial charge in [0.2, 0.25) is 5.91 Å². The van der Waals surface area contributed by atoms with Gasteiger partial charge in [0.1, 0.15) is 0 Å². The zero-order valence-electron chi connectivity index (χ0n) is 17.2. The number of thiazole rings is 1. The Labute approximate surface area is 201 Å². The van der Waals surface area contributed by atoms with Crippen LogP contribution in [0.1, 0.15) is 17.4 Å². The number of thioether (sulfide) groups is 1. The number of hydrogen-bond acceptors (Lipinski definition) is 7. The fourth-order valence-electron chi connectivity index (χ4n) is 2.98. The molecule has 0 aliphatic carbocycles. The van der Waals surface area contributed by atoms with Crippen molar-refractivity contribution >= 4 is 61.4 Å². The van der Waals surface area contributed by atoms with Crippen LogP contribution >= 0.6 is 50.4 Å². The summed E-state index contributed by atoms with van der Waals surface area (Å²) in [5.41, 5.74) is 4.19. The van der Waals surface area contributed by atoms with E-state index in [0.29, 0.717) is 5.13 Å². The summed E-state index contributed by atoms with van der Waals surface area (Å²) in [4.78, 5) is 18.3. The fraction of sp³-hybridized carbons (Fsp3) is 0.238. The second kappa shape index (κ2) is 9.64. The van der Waals surface area contributed by atoms with Crippen molar-refractivity contribution in [2.45, 2.75) is 32.5 Å². The fourth-order valence-corrected chi connectivity index (χ4v) is 5.65. The first kappa shape index (κ1) is 22.2. The molecule has 0 bridgehead atoms. The number of hydrogen-bond donors (Lipinski definition) is 1. The van der Waals surface area contributed by atoms with E-state index in [2.05, 4.69) is 67.1 Å². The van der Waals surface area contributed by atoms with Gasteiger partial charge in [-0.05, 0) is 38.5 Å². The molecule has 160 valence electrons. The Balaban J connectivity index is 1.40. The van der Waals surface area contributed by atoms with Crippen LogP contribution in [0.15, 0.2) is 44.7 Å². The number of carbonyl (C=O) groups is 1. The lowest BCUT2D eigenvalue weighted by Crippen LogP contribution is -2.14. The summed E-state index contributed by atoms with van der Waals surface area (Å²) in [6.07, 6.45) is 0. The summed E-state index contributed by atoms with van der Waals surface area (Å²) in [5, 5.41) is 17.0. The highest BCUT2D eigenvalue weighted by Crippen LogP contribution is 2.32. The summed E-state index contributed by atoms with van der Waals surface area (Å²) in [6.45, 7) is 7.01. The number of amides is 1. The molecule has 0 atom stereocenters. The largest absolute Gasteiger partial charge is 0.302 e. The van der Waals surface area contributed by atoms with Gasteiger partial charge in [-0.2, -0.15) is 0 Å². The number of nitrogens with zero attached hydrogens (tertiary/aromatic N) is 4. The first-order valence-corrected chi connectivity index (χ1v) is 13.1. The molecule has 0 spiro atoms. The number of aryl methyl sites for hydroxylation is 1. The second-order valence-corrected chi connectivity index (χ2v) is 10.6. The molecule has 3 aromatic heterocycles. The van der Waals surface area contributed by atoms with Gasteiger partial charge in [-0.3, -0.25) is 4.79 Å². The highest BCUT2D eigenvalue weighted by molar-refractivity contribution is 9.10. The number of rotatable bonds is 7. The van der Waals surface area contributed by atoms with Crippen LogP contribution in [-0.4, -0.2) is 31.4 Å². The Kier molecular flexibility index (Phi) is 6.90. The van der Waals surface area contributed by atoms with Crippen molar-refractivity contribution in [3.05, 3.63) is 49.9 Å². The van der Waals surface area contributed by atoms with Gasteiger partial charge in [0.05, 0.1) is 11.4 Å². The van der Waals surface area contributed by atoms with Gasteiger partial charge in [0.25, 0.3) is 0 Å². The van der Waals surface area contributed by atoms with E-state index in [0.717, 1.165) is 38.8 Å². The lowest BCUT2D eigenvalue weighted by Gasteiger charge is -2.07. The molecule has 1 N–H and O–H groups in total. The minimum atomic E-state index is -0.114. The van der Waals surface area contributed by atoms with E-state index < -0.39 is 0 Å². The predicted molar refractivity (Wildman–Crippen MR) is 133 cm³/mol. The van der Waals surface area contributed by atoms with Crippen molar-refractivity contribution in [1.29, 1.82) is 0 Å². The topological polar surface area (TPSA) is 72.7 Å². The van der Waals surface area contributed by atoms with Gasteiger partial charge in [-0.25, -0.2) is 4.98 Å². The quantitative estimate of drug-likeness (QED) is 0.284. The lowest BCUT2D eigenvalue weighted by atomic mass is 10.1. The lowest BCUT2D eigenvalue weighted by molar-refractivity contribution is -0.113. The second-order valence-electron chi connectivity index (χ2n) is 6.76. The van der Waals surface area contributed by atoms with Gasteiger partial charge >= 0.3 is 0 Å². The number of carbonyl (C=O) groups excluding carboxylic acids is 1. The number of benzene rings is 1. The average Bonchev–Trinajstić information content (AvgIpc) is 3.47. The molecular formula is C21H20BrN5OS3. The summed E-state index contributed by atoms with van der Waals surface area (Å²) < 4.78 is 3.07. The molecule has 6 nitrogen and oxygen atoms in total. The Morgan fingerprint density at radius 1 is 1.16 bits per heavy atom. The molecule has 0 aliphatic rings. The smallest absolute Gasteiger partial charge is 0.236 e. The van der Waals surface area contributed by atoms with Crippen LogP contribution < -0.4 is 5.32 Å². The van der Waals surface area contributed by atoms with Crippen LogP contribution in [0.3, 0.4) is 0 Å². The first-order valence-electron chi connectivity index (χ1n) is 9.58. The van der Waals surface area contributed by atoms with Crippen molar-refractivity contribution in [3.8, 4) is 22.6 Å². The minimum absolute atomic E-state index is 0.114. The van der Waals surface area contributed by atoms with Crippen molar-refractivity contribution in [2.24, 2.45) is 0 Å². The van der Waals surface area contributed by atoms with E-state index in [1.165, 1.54) is 33.5 Å². The third kappa shape index (κ3) is 4.92. The normalized spacial score (nSPS) is 11.1. The van der Waals surface area contributed by atoms with E-state index in [9.17, 15) is 4.79 Å². The molecule has 0 saturated heterocycles. The first-order chi connectivity index (χ1) is 15.0. The van der Waals surface area contributed by atoms with Gasteiger partial charge in [-0.1, -0.05) is 39.8 Å². The van der Waals surface area contributed by atoms with Crippen molar-refractivity contribution in [1.82, 2.24) is 19.7 Å².